The largest absolute Gasteiger partial charge is 0.493 e. The zero-order chi connectivity index (χ0) is 13.1. The molecule has 1 aromatic rings. The van der Waals surface area contributed by atoms with Gasteiger partial charge in [-0.1, -0.05) is 15.9 Å². The highest BCUT2D eigenvalue weighted by atomic mass is 79.9. The summed E-state index contributed by atoms with van der Waals surface area (Å²) in [7, 11) is 0. The van der Waals surface area contributed by atoms with Gasteiger partial charge in [-0.15, -0.1) is 0 Å². The summed E-state index contributed by atoms with van der Waals surface area (Å²) in [5.74, 6) is 5.01. The van der Waals surface area contributed by atoms with Crippen molar-refractivity contribution in [2.45, 2.75) is 18.2 Å². The molecule has 1 N–H and O–H groups in total. The summed E-state index contributed by atoms with van der Waals surface area (Å²) in [6.07, 6.45) is 1.04. The Hall–Kier alpha value is 0.160. The van der Waals surface area contributed by atoms with Crippen LogP contribution in [0.5, 0.6) is 5.75 Å². The first kappa shape index (κ1) is 14.1. The van der Waals surface area contributed by atoms with Crippen molar-refractivity contribution in [2.75, 3.05) is 30.4 Å². The third-order valence-corrected chi connectivity index (χ3v) is 6.70. The minimum absolute atomic E-state index is 0.764. The first-order valence-corrected chi connectivity index (χ1v) is 9.67. The highest BCUT2D eigenvalue weighted by molar-refractivity contribution is 9.10. The quantitative estimate of drug-likeness (QED) is 0.889. The van der Waals surface area contributed by atoms with Gasteiger partial charge in [-0.3, -0.25) is 0 Å². The molecule has 1 unspecified atom stereocenters. The lowest BCUT2D eigenvalue weighted by Gasteiger charge is -2.21. The van der Waals surface area contributed by atoms with E-state index in [1.54, 1.807) is 0 Å². The molecule has 2 aliphatic heterocycles. The van der Waals surface area contributed by atoms with Crippen LogP contribution in [-0.4, -0.2) is 35.7 Å². The zero-order valence-corrected chi connectivity index (χ0v) is 14.0. The van der Waals surface area contributed by atoms with Gasteiger partial charge >= 0.3 is 0 Å². The summed E-state index contributed by atoms with van der Waals surface area (Å²) in [5, 5.41) is 4.36. The van der Waals surface area contributed by atoms with E-state index in [-0.39, 0.29) is 0 Å². The molecule has 3 rings (SSSR count). The van der Waals surface area contributed by atoms with E-state index in [4.69, 9.17) is 4.74 Å². The van der Waals surface area contributed by atoms with E-state index in [0.29, 0.717) is 0 Å². The lowest BCUT2D eigenvalue weighted by molar-refractivity contribution is 0.352. The molecule has 0 amide bonds. The molecule has 2 nitrogen and oxygen atoms in total. The molecule has 0 aliphatic carbocycles. The number of hydrogen-bond donors (Lipinski definition) is 1. The van der Waals surface area contributed by atoms with Crippen LogP contribution in [0.25, 0.3) is 0 Å². The monoisotopic (exact) mass is 359 g/mol. The van der Waals surface area contributed by atoms with Gasteiger partial charge in [-0.05, 0) is 17.7 Å². The number of halogens is 1. The average Bonchev–Trinajstić information content (AvgIpc) is 2.88. The molecule has 1 aromatic carbocycles. The Bertz CT molecular complexity index is 449. The van der Waals surface area contributed by atoms with Crippen LogP contribution in [-0.2, 0) is 13.0 Å². The normalized spacial score (nSPS) is 22.1. The standard InChI is InChI=1S/C14H18BrNOS2/c15-12-5-10-1-2-17-14(10)11(6-12)7-16-8-13-9-18-3-4-19-13/h5-6,13,16H,1-4,7-9H2. The highest BCUT2D eigenvalue weighted by Crippen LogP contribution is 2.33. The van der Waals surface area contributed by atoms with Crippen molar-refractivity contribution in [1.29, 1.82) is 0 Å². The minimum Gasteiger partial charge on any atom is -0.493 e. The van der Waals surface area contributed by atoms with Crippen molar-refractivity contribution in [3.63, 3.8) is 0 Å². The van der Waals surface area contributed by atoms with Gasteiger partial charge in [0.1, 0.15) is 5.75 Å². The molecule has 104 valence electrons. The van der Waals surface area contributed by atoms with Gasteiger partial charge in [0, 0.05) is 52.1 Å². The summed E-state index contributed by atoms with van der Waals surface area (Å²) >= 11 is 7.78. The number of thioether (sulfide) groups is 2. The van der Waals surface area contributed by atoms with Crippen LogP contribution in [0, 0.1) is 0 Å². The van der Waals surface area contributed by atoms with Gasteiger partial charge in [0.25, 0.3) is 0 Å². The Kier molecular flexibility index (Phi) is 5.01. The van der Waals surface area contributed by atoms with Gasteiger partial charge in [0.15, 0.2) is 0 Å². The maximum atomic E-state index is 5.76. The second-order valence-electron chi connectivity index (χ2n) is 4.85. The lowest BCUT2D eigenvalue weighted by Crippen LogP contribution is -2.28. The van der Waals surface area contributed by atoms with Gasteiger partial charge in [0.05, 0.1) is 6.61 Å². The van der Waals surface area contributed by atoms with E-state index in [9.17, 15) is 0 Å². The molecule has 2 heterocycles. The van der Waals surface area contributed by atoms with E-state index in [0.717, 1.165) is 41.6 Å². The molecule has 0 saturated carbocycles. The summed E-state index contributed by atoms with van der Waals surface area (Å²) in [6.45, 7) is 2.83. The molecule has 1 fully saturated rings. The number of nitrogens with one attached hydrogen (secondary N) is 1. The Labute approximate surface area is 131 Å². The first-order valence-electron chi connectivity index (χ1n) is 6.67. The van der Waals surface area contributed by atoms with Crippen molar-refractivity contribution in [1.82, 2.24) is 5.32 Å². The Morgan fingerprint density at radius 3 is 3.16 bits per heavy atom. The van der Waals surface area contributed by atoms with Crippen molar-refractivity contribution in [3.05, 3.63) is 27.7 Å². The van der Waals surface area contributed by atoms with Gasteiger partial charge < -0.3 is 10.1 Å². The zero-order valence-electron chi connectivity index (χ0n) is 10.8. The molecular weight excluding hydrogens is 342 g/mol. The van der Waals surface area contributed by atoms with Gasteiger partial charge in [-0.2, -0.15) is 23.5 Å². The van der Waals surface area contributed by atoms with E-state index in [2.05, 4.69) is 56.9 Å². The minimum atomic E-state index is 0.764. The molecule has 19 heavy (non-hydrogen) atoms. The Morgan fingerprint density at radius 1 is 1.37 bits per heavy atom. The predicted octanol–water partition coefficient (Wildman–Crippen LogP) is 3.32. The fourth-order valence-electron chi connectivity index (χ4n) is 2.50. The van der Waals surface area contributed by atoms with Crippen LogP contribution in [0.2, 0.25) is 0 Å². The number of rotatable bonds is 4. The topological polar surface area (TPSA) is 21.3 Å². The second-order valence-corrected chi connectivity index (χ2v) is 8.32. The van der Waals surface area contributed by atoms with Gasteiger partial charge in [-0.25, -0.2) is 0 Å². The van der Waals surface area contributed by atoms with Crippen LogP contribution in [0.15, 0.2) is 16.6 Å². The molecular formula is C14H18BrNOS2. The molecule has 0 radical (unpaired) electrons. The van der Waals surface area contributed by atoms with E-state index in [1.807, 2.05) is 0 Å². The Morgan fingerprint density at radius 2 is 2.32 bits per heavy atom. The van der Waals surface area contributed by atoms with E-state index in [1.165, 1.54) is 28.4 Å². The maximum Gasteiger partial charge on any atom is 0.127 e. The van der Waals surface area contributed by atoms with Crippen LogP contribution in [0.3, 0.4) is 0 Å². The fraction of sp³-hybridized carbons (Fsp3) is 0.571. The number of benzene rings is 1. The molecule has 2 aliphatic rings. The lowest BCUT2D eigenvalue weighted by atomic mass is 10.1. The molecule has 0 aromatic heterocycles. The van der Waals surface area contributed by atoms with Crippen molar-refractivity contribution < 1.29 is 4.74 Å². The van der Waals surface area contributed by atoms with Crippen LogP contribution < -0.4 is 10.1 Å². The van der Waals surface area contributed by atoms with Crippen LogP contribution in [0.1, 0.15) is 11.1 Å². The molecule has 1 atom stereocenters. The Balaban J connectivity index is 1.57. The van der Waals surface area contributed by atoms with E-state index >= 15 is 0 Å². The molecule has 0 spiro atoms. The fourth-order valence-corrected chi connectivity index (χ4v) is 5.70. The van der Waals surface area contributed by atoms with Crippen LogP contribution >= 0.6 is 39.5 Å². The van der Waals surface area contributed by atoms with Crippen LogP contribution in [0.4, 0.5) is 0 Å². The number of ether oxygens (including phenoxy) is 1. The SMILES string of the molecule is Brc1cc2c(c(CNCC3CSCCS3)c1)OCC2. The van der Waals surface area contributed by atoms with E-state index < -0.39 is 0 Å². The third-order valence-electron chi connectivity index (χ3n) is 3.40. The predicted molar refractivity (Wildman–Crippen MR) is 88.6 cm³/mol. The van der Waals surface area contributed by atoms with Gasteiger partial charge in [0.2, 0.25) is 0 Å². The maximum absolute atomic E-state index is 5.76. The molecule has 5 heteroatoms. The summed E-state index contributed by atoms with van der Waals surface area (Å²) in [5.41, 5.74) is 2.63. The molecule has 1 saturated heterocycles. The highest BCUT2D eigenvalue weighted by Gasteiger charge is 2.18. The third kappa shape index (κ3) is 3.63. The number of fused-ring (bicyclic) bond motifs is 1. The smallest absolute Gasteiger partial charge is 0.127 e. The van der Waals surface area contributed by atoms with Crippen molar-refractivity contribution in [2.24, 2.45) is 0 Å². The van der Waals surface area contributed by atoms with Crippen molar-refractivity contribution in [3.8, 4) is 5.75 Å². The first-order chi connectivity index (χ1) is 9.33. The summed E-state index contributed by atoms with van der Waals surface area (Å²) < 4.78 is 6.92. The average molecular weight is 360 g/mol. The second kappa shape index (κ2) is 6.74. The summed E-state index contributed by atoms with van der Waals surface area (Å²) in [6, 6.07) is 4.36. The van der Waals surface area contributed by atoms with Crippen molar-refractivity contribution >= 4 is 39.5 Å². The molecule has 0 bridgehead atoms. The number of hydrogen-bond acceptors (Lipinski definition) is 4. The summed E-state index contributed by atoms with van der Waals surface area (Å²) in [4.78, 5) is 0.